The third kappa shape index (κ3) is 2.66. The summed E-state index contributed by atoms with van der Waals surface area (Å²) in [6.07, 6.45) is 5.42. The average molecular weight is 342 g/mol. The van der Waals surface area contributed by atoms with Crippen molar-refractivity contribution in [1.82, 2.24) is 0 Å². The van der Waals surface area contributed by atoms with Crippen LogP contribution in [0.4, 0.5) is 4.79 Å². The minimum Gasteiger partial charge on any atom is -0.434 e. The second kappa shape index (κ2) is 6.15. The molecule has 134 valence electrons. The highest BCUT2D eigenvalue weighted by atomic mass is 16.7. The predicted octanol–water partition coefficient (Wildman–Crippen LogP) is 4.65. The highest BCUT2D eigenvalue weighted by molar-refractivity contribution is 5.87. The van der Waals surface area contributed by atoms with Crippen LogP contribution >= 0.6 is 0 Å². The third-order valence-electron chi connectivity index (χ3n) is 6.87. The van der Waals surface area contributed by atoms with Crippen LogP contribution in [0.15, 0.2) is 18.2 Å². The molecule has 0 saturated heterocycles. The molecular weight excluding hydrogens is 316 g/mol. The molecule has 0 unspecified atom stereocenters. The summed E-state index contributed by atoms with van der Waals surface area (Å²) in [5, 5.41) is 0. The maximum Gasteiger partial charge on any atom is 0.513 e. The van der Waals surface area contributed by atoms with Crippen molar-refractivity contribution in [2.45, 2.75) is 58.3 Å². The Balaban J connectivity index is 1.57. The normalized spacial score (nSPS) is 33.2. The second-order valence-electron chi connectivity index (χ2n) is 7.98. The molecular formula is C21H26O4. The van der Waals surface area contributed by atoms with E-state index in [1.165, 1.54) is 11.1 Å². The molecule has 0 heterocycles. The third-order valence-corrected chi connectivity index (χ3v) is 6.87. The Labute approximate surface area is 148 Å². The van der Waals surface area contributed by atoms with Crippen LogP contribution in [0.5, 0.6) is 5.75 Å². The molecule has 1 aromatic rings. The molecule has 0 radical (unpaired) electrons. The lowest BCUT2D eigenvalue weighted by atomic mass is 9.55. The number of hydrogen-bond donors (Lipinski definition) is 0. The summed E-state index contributed by atoms with van der Waals surface area (Å²) in [7, 11) is 0. The summed E-state index contributed by atoms with van der Waals surface area (Å²) < 4.78 is 10.1. The first kappa shape index (κ1) is 16.6. The Morgan fingerprint density at radius 2 is 2.08 bits per heavy atom. The maximum absolute atomic E-state index is 12.4. The summed E-state index contributed by atoms with van der Waals surface area (Å²) in [6, 6.07) is 6.00. The van der Waals surface area contributed by atoms with Crippen molar-refractivity contribution in [1.29, 1.82) is 0 Å². The number of ether oxygens (including phenoxy) is 2. The summed E-state index contributed by atoms with van der Waals surface area (Å²) >= 11 is 0. The topological polar surface area (TPSA) is 52.6 Å². The Hall–Kier alpha value is -1.84. The van der Waals surface area contributed by atoms with Gasteiger partial charge in [0.1, 0.15) is 11.5 Å². The molecule has 4 rings (SSSR count). The molecule has 25 heavy (non-hydrogen) atoms. The van der Waals surface area contributed by atoms with Gasteiger partial charge in [0, 0.05) is 11.8 Å². The van der Waals surface area contributed by atoms with Crippen LogP contribution in [0.1, 0.15) is 63.0 Å². The van der Waals surface area contributed by atoms with Gasteiger partial charge < -0.3 is 9.47 Å². The summed E-state index contributed by atoms with van der Waals surface area (Å²) in [5.41, 5.74) is 2.61. The molecule has 3 aliphatic carbocycles. The van der Waals surface area contributed by atoms with Crippen LogP contribution in [-0.4, -0.2) is 18.5 Å². The molecule has 0 aromatic heterocycles. The van der Waals surface area contributed by atoms with Crippen molar-refractivity contribution in [2.24, 2.45) is 17.3 Å². The lowest BCUT2D eigenvalue weighted by Crippen LogP contribution is -2.42. The molecule has 0 aliphatic heterocycles. The fourth-order valence-corrected chi connectivity index (χ4v) is 5.64. The van der Waals surface area contributed by atoms with E-state index in [0.29, 0.717) is 35.9 Å². The zero-order valence-electron chi connectivity index (χ0n) is 15.0. The molecule has 2 saturated carbocycles. The summed E-state index contributed by atoms with van der Waals surface area (Å²) in [5.74, 6) is 2.76. The largest absolute Gasteiger partial charge is 0.513 e. The van der Waals surface area contributed by atoms with Crippen LogP contribution in [0.2, 0.25) is 0 Å². The van der Waals surface area contributed by atoms with Crippen LogP contribution in [0, 0.1) is 17.3 Å². The number of rotatable bonds is 2. The van der Waals surface area contributed by atoms with Gasteiger partial charge >= 0.3 is 6.16 Å². The molecule has 0 amide bonds. The average Bonchev–Trinajstić information content (AvgIpc) is 2.90. The SMILES string of the molecule is CCOC(=O)Oc1ccc2c(c1)CC[C@@H]1[C@H]2CC[C@]2(C)C(=O)CC[C@@H]12. The Bertz CT molecular complexity index is 710. The number of hydrogen-bond acceptors (Lipinski definition) is 4. The molecule has 4 heteroatoms. The van der Waals surface area contributed by atoms with Crippen LogP contribution in [-0.2, 0) is 16.0 Å². The van der Waals surface area contributed by atoms with E-state index in [1.54, 1.807) is 6.92 Å². The number of aryl methyl sites for hydroxylation is 1. The van der Waals surface area contributed by atoms with Crippen molar-refractivity contribution in [3.8, 4) is 5.75 Å². The van der Waals surface area contributed by atoms with Crippen molar-refractivity contribution in [2.75, 3.05) is 6.61 Å². The van der Waals surface area contributed by atoms with Gasteiger partial charge in [-0.25, -0.2) is 4.79 Å². The van der Waals surface area contributed by atoms with Gasteiger partial charge in [0.2, 0.25) is 0 Å². The monoisotopic (exact) mass is 342 g/mol. The van der Waals surface area contributed by atoms with Crippen LogP contribution in [0.25, 0.3) is 0 Å². The van der Waals surface area contributed by atoms with Gasteiger partial charge in [-0.1, -0.05) is 13.0 Å². The first-order chi connectivity index (χ1) is 12.0. The van der Waals surface area contributed by atoms with E-state index in [9.17, 15) is 9.59 Å². The van der Waals surface area contributed by atoms with Gasteiger partial charge in [-0.2, -0.15) is 0 Å². The number of Topliss-reactive ketones (excluding diaryl/α,β-unsaturated/α-hetero) is 1. The van der Waals surface area contributed by atoms with Gasteiger partial charge in [0.15, 0.2) is 0 Å². The number of carbonyl (C=O) groups excluding carboxylic acids is 2. The molecule has 1 aromatic carbocycles. The molecule has 0 bridgehead atoms. The first-order valence-electron chi connectivity index (χ1n) is 9.53. The Morgan fingerprint density at radius 1 is 1.24 bits per heavy atom. The molecule has 0 spiro atoms. The van der Waals surface area contributed by atoms with Crippen molar-refractivity contribution in [3.63, 3.8) is 0 Å². The van der Waals surface area contributed by atoms with Crippen molar-refractivity contribution in [3.05, 3.63) is 29.3 Å². The summed E-state index contributed by atoms with van der Waals surface area (Å²) in [6.45, 7) is 4.28. The van der Waals surface area contributed by atoms with Crippen molar-refractivity contribution >= 4 is 11.9 Å². The van der Waals surface area contributed by atoms with E-state index in [2.05, 4.69) is 13.0 Å². The molecule has 4 nitrogen and oxygen atoms in total. The van der Waals surface area contributed by atoms with Gasteiger partial charge in [0.05, 0.1) is 6.61 Å². The lowest BCUT2D eigenvalue weighted by Gasteiger charge is -2.48. The fraction of sp³-hybridized carbons (Fsp3) is 0.619. The van der Waals surface area contributed by atoms with E-state index < -0.39 is 6.16 Å². The maximum atomic E-state index is 12.4. The Morgan fingerprint density at radius 3 is 2.88 bits per heavy atom. The number of benzene rings is 1. The number of ketones is 1. The van der Waals surface area contributed by atoms with Gasteiger partial charge in [-0.3, -0.25) is 4.79 Å². The summed E-state index contributed by atoms with van der Waals surface area (Å²) in [4.78, 5) is 23.9. The standard InChI is InChI=1S/C21H26O4/c1-3-24-20(23)25-14-5-7-15-13(12-14)4-6-17-16(15)10-11-21(2)18(17)8-9-19(21)22/h5,7,12,16-18H,3-4,6,8-11H2,1-2H3/t16-,17+,18-,21-/m0/s1. The highest BCUT2D eigenvalue weighted by Gasteiger charge is 2.54. The molecule has 2 fully saturated rings. The number of carbonyl (C=O) groups is 2. The predicted molar refractivity (Wildman–Crippen MR) is 93.7 cm³/mol. The Kier molecular flexibility index (Phi) is 4.09. The van der Waals surface area contributed by atoms with E-state index >= 15 is 0 Å². The highest BCUT2D eigenvalue weighted by Crippen LogP contribution is 2.59. The minimum atomic E-state index is -0.644. The van der Waals surface area contributed by atoms with E-state index in [0.717, 1.165) is 38.5 Å². The molecule has 3 aliphatic rings. The molecule has 4 atom stereocenters. The first-order valence-corrected chi connectivity index (χ1v) is 9.53. The van der Waals surface area contributed by atoms with Crippen molar-refractivity contribution < 1.29 is 19.1 Å². The minimum absolute atomic E-state index is 0.0777. The van der Waals surface area contributed by atoms with Gasteiger partial charge in [-0.05, 0) is 80.0 Å². The van der Waals surface area contributed by atoms with Gasteiger partial charge in [0.25, 0.3) is 0 Å². The van der Waals surface area contributed by atoms with Gasteiger partial charge in [-0.15, -0.1) is 0 Å². The smallest absolute Gasteiger partial charge is 0.434 e. The number of fused-ring (bicyclic) bond motifs is 5. The second-order valence-corrected chi connectivity index (χ2v) is 7.98. The quantitative estimate of drug-likeness (QED) is 0.580. The van der Waals surface area contributed by atoms with Crippen LogP contribution in [0.3, 0.4) is 0 Å². The lowest BCUT2D eigenvalue weighted by molar-refractivity contribution is -0.129. The fourth-order valence-electron chi connectivity index (χ4n) is 5.64. The van der Waals surface area contributed by atoms with E-state index in [-0.39, 0.29) is 5.41 Å². The zero-order valence-corrected chi connectivity index (χ0v) is 15.0. The van der Waals surface area contributed by atoms with E-state index in [1.807, 2.05) is 12.1 Å². The van der Waals surface area contributed by atoms with Crippen LogP contribution < -0.4 is 4.74 Å². The zero-order chi connectivity index (χ0) is 17.6. The van der Waals surface area contributed by atoms with E-state index in [4.69, 9.17) is 9.47 Å². The molecule has 0 N–H and O–H groups in total.